The predicted molar refractivity (Wildman–Crippen MR) is 95.3 cm³/mol. The summed E-state index contributed by atoms with van der Waals surface area (Å²) in [5.74, 6) is -0.383. The lowest BCUT2D eigenvalue weighted by atomic mass is 9.92. The van der Waals surface area contributed by atoms with Crippen molar-refractivity contribution in [1.82, 2.24) is 9.78 Å². The van der Waals surface area contributed by atoms with E-state index in [2.05, 4.69) is 36.5 Å². The smallest absolute Gasteiger partial charge is 0.273 e. The number of hydrogen-bond acceptors (Lipinski definition) is 3. The Morgan fingerprint density at radius 2 is 1.71 bits per heavy atom. The highest BCUT2D eigenvalue weighted by Gasteiger charge is 2.22. The van der Waals surface area contributed by atoms with Crippen molar-refractivity contribution in [2.45, 2.75) is 40.0 Å². The zero-order valence-corrected chi connectivity index (χ0v) is 15.0. The van der Waals surface area contributed by atoms with E-state index >= 15 is 0 Å². The molecular formula is C18H24N4O2. The number of aromatic nitrogens is 2. The summed E-state index contributed by atoms with van der Waals surface area (Å²) in [7, 11) is 1.75. The maximum absolute atomic E-state index is 12.6. The largest absolute Gasteiger partial charge is 0.326 e. The molecule has 0 aliphatic heterocycles. The molecule has 24 heavy (non-hydrogen) atoms. The van der Waals surface area contributed by atoms with Crippen LogP contribution in [0, 0.1) is 6.92 Å². The van der Waals surface area contributed by atoms with Gasteiger partial charge in [0.2, 0.25) is 5.91 Å². The fraction of sp³-hybridized carbons (Fsp3) is 0.389. The van der Waals surface area contributed by atoms with Crippen molar-refractivity contribution in [1.29, 1.82) is 0 Å². The maximum Gasteiger partial charge on any atom is 0.273 e. The van der Waals surface area contributed by atoms with Crippen LogP contribution in [-0.2, 0) is 17.3 Å². The summed E-state index contributed by atoms with van der Waals surface area (Å²) in [5.41, 5.74) is 3.37. The van der Waals surface area contributed by atoms with Crippen LogP contribution in [0.2, 0.25) is 0 Å². The third-order valence-electron chi connectivity index (χ3n) is 3.77. The summed E-state index contributed by atoms with van der Waals surface area (Å²) in [4.78, 5) is 23.9. The standard InChI is InChI=1S/C18H24N4O2/c1-11-13(19-12(2)23)8-7-9-14(11)20-17(24)15-10-16(18(3,4)5)21-22(15)6/h7-10H,1-6H3,(H,19,23)(H,20,24). The Hall–Kier alpha value is -2.63. The first-order valence-electron chi connectivity index (χ1n) is 7.82. The van der Waals surface area contributed by atoms with Crippen molar-refractivity contribution in [3.8, 4) is 0 Å². The Bertz CT molecular complexity index is 785. The molecule has 0 fully saturated rings. The van der Waals surface area contributed by atoms with Crippen LogP contribution in [0.4, 0.5) is 11.4 Å². The van der Waals surface area contributed by atoms with Gasteiger partial charge in [-0.25, -0.2) is 0 Å². The van der Waals surface area contributed by atoms with Crippen LogP contribution in [0.3, 0.4) is 0 Å². The summed E-state index contributed by atoms with van der Waals surface area (Å²) in [6, 6.07) is 7.20. The van der Waals surface area contributed by atoms with Crippen LogP contribution in [0.15, 0.2) is 24.3 Å². The first-order chi connectivity index (χ1) is 11.1. The van der Waals surface area contributed by atoms with Gasteiger partial charge in [-0.15, -0.1) is 0 Å². The lowest BCUT2D eigenvalue weighted by Gasteiger charge is -2.13. The Kier molecular flexibility index (Phi) is 4.78. The van der Waals surface area contributed by atoms with E-state index in [1.807, 2.05) is 13.0 Å². The quantitative estimate of drug-likeness (QED) is 0.908. The zero-order chi connectivity index (χ0) is 18.1. The minimum absolute atomic E-state index is 0.127. The van der Waals surface area contributed by atoms with Crippen molar-refractivity contribution >= 4 is 23.2 Å². The van der Waals surface area contributed by atoms with E-state index in [9.17, 15) is 9.59 Å². The highest BCUT2D eigenvalue weighted by Crippen LogP contribution is 2.25. The number of amides is 2. The van der Waals surface area contributed by atoms with Crippen molar-refractivity contribution in [2.75, 3.05) is 10.6 Å². The lowest BCUT2D eigenvalue weighted by Crippen LogP contribution is -2.17. The summed E-state index contributed by atoms with van der Waals surface area (Å²) in [5, 5.41) is 10.1. The van der Waals surface area contributed by atoms with Crippen molar-refractivity contribution in [3.63, 3.8) is 0 Å². The fourth-order valence-corrected chi connectivity index (χ4v) is 2.33. The van der Waals surface area contributed by atoms with Crippen LogP contribution < -0.4 is 10.6 Å². The van der Waals surface area contributed by atoms with Gasteiger partial charge in [0.25, 0.3) is 5.91 Å². The molecule has 0 spiro atoms. The van der Waals surface area contributed by atoms with Crippen LogP contribution in [0.5, 0.6) is 0 Å². The minimum Gasteiger partial charge on any atom is -0.326 e. The van der Waals surface area contributed by atoms with Gasteiger partial charge in [-0.3, -0.25) is 14.3 Å². The van der Waals surface area contributed by atoms with Gasteiger partial charge in [-0.05, 0) is 30.7 Å². The number of aryl methyl sites for hydroxylation is 1. The maximum atomic E-state index is 12.6. The number of nitrogens with zero attached hydrogens (tertiary/aromatic N) is 2. The first kappa shape index (κ1) is 17.7. The molecule has 2 aromatic rings. The zero-order valence-electron chi connectivity index (χ0n) is 15.0. The molecule has 0 atom stereocenters. The highest BCUT2D eigenvalue weighted by molar-refractivity contribution is 6.04. The number of hydrogen-bond donors (Lipinski definition) is 2. The summed E-state index contributed by atoms with van der Waals surface area (Å²) < 4.78 is 1.59. The number of carbonyl (C=O) groups is 2. The third kappa shape index (κ3) is 3.82. The molecule has 0 bridgehead atoms. The molecule has 1 heterocycles. The van der Waals surface area contributed by atoms with Gasteiger partial charge >= 0.3 is 0 Å². The van der Waals surface area contributed by atoms with E-state index in [0.29, 0.717) is 17.1 Å². The highest BCUT2D eigenvalue weighted by atomic mass is 16.2. The second-order valence-electron chi connectivity index (χ2n) is 6.90. The topological polar surface area (TPSA) is 76.0 Å². The molecule has 6 heteroatoms. The molecule has 128 valence electrons. The van der Waals surface area contributed by atoms with Gasteiger partial charge in [0.1, 0.15) is 5.69 Å². The SMILES string of the molecule is CC(=O)Nc1cccc(NC(=O)c2cc(C(C)(C)C)nn2C)c1C. The molecule has 6 nitrogen and oxygen atoms in total. The van der Waals surface area contributed by atoms with Gasteiger partial charge in [0.15, 0.2) is 0 Å². The second kappa shape index (κ2) is 6.47. The van der Waals surface area contributed by atoms with Gasteiger partial charge in [0, 0.05) is 30.8 Å². The number of carbonyl (C=O) groups excluding carboxylic acids is 2. The van der Waals surface area contributed by atoms with Gasteiger partial charge in [0.05, 0.1) is 5.69 Å². The van der Waals surface area contributed by atoms with Crippen molar-refractivity contribution in [2.24, 2.45) is 7.05 Å². The summed E-state index contributed by atoms with van der Waals surface area (Å²) in [6.07, 6.45) is 0. The van der Waals surface area contributed by atoms with E-state index in [-0.39, 0.29) is 17.2 Å². The van der Waals surface area contributed by atoms with E-state index in [1.54, 1.807) is 29.9 Å². The molecule has 2 N–H and O–H groups in total. The van der Waals surface area contributed by atoms with Gasteiger partial charge in [-0.2, -0.15) is 5.10 Å². The predicted octanol–water partition coefficient (Wildman–Crippen LogP) is 3.24. The van der Waals surface area contributed by atoms with Crippen LogP contribution in [-0.4, -0.2) is 21.6 Å². The fourth-order valence-electron chi connectivity index (χ4n) is 2.33. The molecule has 0 unspecified atom stereocenters. The summed E-state index contributed by atoms with van der Waals surface area (Å²) in [6.45, 7) is 9.47. The Labute approximate surface area is 142 Å². The normalized spacial score (nSPS) is 11.2. The monoisotopic (exact) mass is 328 g/mol. The average molecular weight is 328 g/mol. The molecule has 0 aliphatic carbocycles. The van der Waals surface area contributed by atoms with Crippen molar-refractivity contribution in [3.05, 3.63) is 41.2 Å². The minimum atomic E-state index is -0.233. The molecule has 2 amide bonds. The molecule has 0 radical (unpaired) electrons. The number of nitrogens with one attached hydrogen (secondary N) is 2. The van der Waals surface area contributed by atoms with Crippen LogP contribution >= 0.6 is 0 Å². The molecule has 1 aromatic carbocycles. The van der Waals surface area contributed by atoms with Crippen molar-refractivity contribution < 1.29 is 9.59 Å². The molecule has 0 aliphatic rings. The molecule has 1 aromatic heterocycles. The van der Waals surface area contributed by atoms with Crippen LogP contribution in [0.25, 0.3) is 0 Å². The molecular weight excluding hydrogens is 304 g/mol. The van der Waals surface area contributed by atoms with E-state index in [4.69, 9.17) is 0 Å². The summed E-state index contributed by atoms with van der Waals surface area (Å²) >= 11 is 0. The van der Waals surface area contributed by atoms with Gasteiger partial charge in [-0.1, -0.05) is 26.8 Å². The van der Waals surface area contributed by atoms with Gasteiger partial charge < -0.3 is 10.6 Å². The average Bonchev–Trinajstić information content (AvgIpc) is 2.85. The van der Waals surface area contributed by atoms with E-state index in [1.165, 1.54) is 6.92 Å². The number of anilines is 2. The Balaban J connectivity index is 2.28. The number of rotatable bonds is 3. The lowest BCUT2D eigenvalue weighted by molar-refractivity contribution is -0.114. The Morgan fingerprint density at radius 1 is 1.12 bits per heavy atom. The Morgan fingerprint density at radius 3 is 2.21 bits per heavy atom. The van der Waals surface area contributed by atoms with Crippen LogP contribution in [0.1, 0.15) is 49.4 Å². The number of benzene rings is 1. The molecule has 0 saturated carbocycles. The first-order valence-corrected chi connectivity index (χ1v) is 7.82. The molecule has 2 rings (SSSR count). The molecule has 0 saturated heterocycles. The second-order valence-corrected chi connectivity index (χ2v) is 6.90. The van der Waals surface area contributed by atoms with E-state index < -0.39 is 0 Å². The van der Waals surface area contributed by atoms with E-state index in [0.717, 1.165) is 11.3 Å². The third-order valence-corrected chi connectivity index (χ3v) is 3.77.